The van der Waals surface area contributed by atoms with Crippen LogP contribution in [0.25, 0.3) is 0 Å². The average Bonchev–Trinajstić information content (AvgIpc) is 2.87. The molecule has 0 aromatic carbocycles. The molecule has 2 N–H and O–H groups in total. The summed E-state index contributed by atoms with van der Waals surface area (Å²) in [4.78, 5) is 11.6. The molecule has 5 heteroatoms. The van der Waals surface area contributed by atoms with Gasteiger partial charge in [0.15, 0.2) is 0 Å². The van der Waals surface area contributed by atoms with Crippen LogP contribution in [-0.2, 0) is 7.05 Å². The number of rotatable bonds is 2. The molecule has 0 bridgehead atoms. The lowest BCUT2D eigenvalue weighted by atomic mass is 10.3. The molecule has 0 aliphatic heterocycles. The monoisotopic (exact) mass is 180 g/mol. The highest BCUT2D eigenvalue weighted by atomic mass is 16.2. The van der Waals surface area contributed by atoms with E-state index >= 15 is 0 Å². The number of carbonyl (C=O) groups excluding carboxylic acids is 1. The first-order valence-corrected chi connectivity index (χ1v) is 4.25. The van der Waals surface area contributed by atoms with Crippen LogP contribution in [-0.4, -0.2) is 26.7 Å². The molecule has 0 radical (unpaired) electrons. The Morgan fingerprint density at radius 3 is 2.92 bits per heavy atom. The zero-order valence-electron chi connectivity index (χ0n) is 7.47. The Hall–Kier alpha value is -1.36. The fourth-order valence-corrected chi connectivity index (χ4v) is 1.20. The van der Waals surface area contributed by atoms with E-state index < -0.39 is 0 Å². The van der Waals surface area contributed by atoms with E-state index in [0.717, 1.165) is 12.8 Å². The van der Waals surface area contributed by atoms with Crippen molar-refractivity contribution in [3.63, 3.8) is 0 Å². The zero-order valence-corrected chi connectivity index (χ0v) is 7.47. The lowest BCUT2D eigenvalue weighted by Gasteiger charge is -2.13. The Bertz CT molecular complexity index is 329. The summed E-state index contributed by atoms with van der Waals surface area (Å²) in [5.41, 5.74) is 0.553. The van der Waals surface area contributed by atoms with Gasteiger partial charge in [-0.3, -0.25) is 14.5 Å². The Labute approximate surface area is 76.1 Å². The van der Waals surface area contributed by atoms with Crippen molar-refractivity contribution in [2.75, 3.05) is 0 Å². The van der Waals surface area contributed by atoms with E-state index in [2.05, 4.69) is 5.10 Å². The van der Waals surface area contributed by atoms with Gasteiger partial charge in [-0.15, -0.1) is 0 Å². The van der Waals surface area contributed by atoms with Crippen LogP contribution in [0.2, 0.25) is 0 Å². The van der Waals surface area contributed by atoms with E-state index in [1.807, 2.05) is 0 Å². The van der Waals surface area contributed by atoms with E-state index in [1.54, 1.807) is 17.9 Å². The predicted molar refractivity (Wildman–Crippen MR) is 46.6 cm³/mol. The molecular formula is C8H12N4O. The molecule has 1 aliphatic rings. The highest BCUT2D eigenvalue weighted by Gasteiger charge is 2.31. The summed E-state index contributed by atoms with van der Waals surface area (Å²) in [5, 5.41) is 5.22. The lowest BCUT2D eigenvalue weighted by Crippen LogP contribution is -2.39. The van der Waals surface area contributed by atoms with Gasteiger partial charge in [-0.25, -0.2) is 5.84 Å². The fourth-order valence-electron chi connectivity index (χ4n) is 1.20. The molecule has 0 unspecified atom stereocenters. The Morgan fingerprint density at radius 2 is 2.46 bits per heavy atom. The van der Waals surface area contributed by atoms with Gasteiger partial charge >= 0.3 is 0 Å². The predicted octanol–water partition coefficient (Wildman–Crippen LogP) is -0.102. The SMILES string of the molecule is Cn1cc(C(=O)N(N)C2CC2)cn1. The fraction of sp³-hybridized carbons (Fsp3) is 0.500. The van der Waals surface area contributed by atoms with Crippen LogP contribution in [0.5, 0.6) is 0 Å². The molecule has 1 amide bonds. The zero-order chi connectivity index (χ0) is 9.42. The molecule has 5 nitrogen and oxygen atoms in total. The van der Waals surface area contributed by atoms with Crippen molar-refractivity contribution in [3.05, 3.63) is 18.0 Å². The minimum atomic E-state index is -0.143. The number of carbonyl (C=O) groups is 1. The number of amides is 1. The van der Waals surface area contributed by atoms with Crippen LogP contribution in [0.15, 0.2) is 12.4 Å². The summed E-state index contributed by atoms with van der Waals surface area (Å²) in [7, 11) is 1.77. The smallest absolute Gasteiger partial charge is 0.271 e. The van der Waals surface area contributed by atoms with Gasteiger partial charge in [-0.05, 0) is 12.8 Å². The first-order chi connectivity index (χ1) is 6.18. The number of aromatic nitrogens is 2. The molecule has 13 heavy (non-hydrogen) atoms. The summed E-state index contributed by atoms with van der Waals surface area (Å²) in [6, 6.07) is 0.243. The van der Waals surface area contributed by atoms with Crippen LogP contribution in [0.1, 0.15) is 23.2 Å². The van der Waals surface area contributed by atoms with E-state index in [1.165, 1.54) is 11.2 Å². The van der Waals surface area contributed by atoms with Crippen LogP contribution in [0.4, 0.5) is 0 Å². The molecule has 0 saturated heterocycles. The maximum absolute atomic E-state index is 11.6. The molecule has 0 atom stereocenters. The van der Waals surface area contributed by atoms with Gasteiger partial charge in [0, 0.05) is 19.3 Å². The van der Waals surface area contributed by atoms with Crippen molar-refractivity contribution in [2.45, 2.75) is 18.9 Å². The quantitative estimate of drug-likeness (QED) is 0.392. The molecule has 1 saturated carbocycles. The lowest BCUT2D eigenvalue weighted by molar-refractivity contribution is 0.0743. The Morgan fingerprint density at radius 1 is 1.77 bits per heavy atom. The van der Waals surface area contributed by atoms with Crippen molar-refractivity contribution in [1.29, 1.82) is 0 Å². The summed E-state index contributed by atoms with van der Waals surface area (Å²) in [6.07, 6.45) is 5.24. The van der Waals surface area contributed by atoms with Crippen molar-refractivity contribution in [3.8, 4) is 0 Å². The molecule has 0 spiro atoms. The standard InChI is InChI=1S/C8H12N4O/c1-11-5-6(4-10-11)8(13)12(9)7-2-3-7/h4-5,7H,2-3,9H2,1H3. The van der Waals surface area contributed by atoms with Crippen molar-refractivity contribution < 1.29 is 4.79 Å². The molecule has 2 rings (SSSR count). The first-order valence-electron chi connectivity index (χ1n) is 4.25. The van der Waals surface area contributed by atoms with Crippen LogP contribution < -0.4 is 5.84 Å². The summed E-state index contributed by atoms with van der Waals surface area (Å²) >= 11 is 0. The largest absolute Gasteiger partial charge is 0.275 e. The Kier molecular flexibility index (Phi) is 1.81. The summed E-state index contributed by atoms with van der Waals surface area (Å²) in [6.45, 7) is 0. The molecule has 1 aliphatic carbocycles. The second-order valence-corrected chi connectivity index (χ2v) is 3.35. The van der Waals surface area contributed by atoms with Crippen molar-refractivity contribution in [1.82, 2.24) is 14.8 Å². The van der Waals surface area contributed by atoms with Crippen LogP contribution in [0, 0.1) is 0 Å². The van der Waals surface area contributed by atoms with E-state index in [4.69, 9.17) is 5.84 Å². The molecule has 1 aromatic rings. The topological polar surface area (TPSA) is 64.2 Å². The van der Waals surface area contributed by atoms with E-state index in [0.29, 0.717) is 5.56 Å². The van der Waals surface area contributed by atoms with E-state index in [9.17, 15) is 4.79 Å². The first kappa shape index (κ1) is 8.25. The second kappa shape index (κ2) is 2.85. The van der Waals surface area contributed by atoms with E-state index in [-0.39, 0.29) is 11.9 Å². The molecule has 1 fully saturated rings. The van der Waals surface area contributed by atoms with Crippen molar-refractivity contribution >= 4 is 5.91 Å². The number of nitrogens with zero attached hydrogens (tertiary/aromatic N) is 3. The van der Waals surface area contributed by atoms with Gasteiger partial charge < -0.3 is 0 Å². The number of hydrogen-bond donors (Lipinski definition) is 1. The number of aryl methyl sites for hydroxylation is 1. The van der Waals surface area contributed by atoms with Crippen molar-refractivity contribution in [2.24, 2.45) is 12.9 Å². The Balaban J connectivity index is 2.11. The maximum atomic E-state index is 11.6. The highest BCUT2D eigenvalue weighted by molar-refractivity contribution is 5.93. The van der Waals surface area contributed by atoms with Gasteiger partial charge in [-0.1, -0.05) is 0 Å². The van der Waals surface area contributed by atoms with Gasteiger partial charge in [0.25, 0.3) is 5.91 Å². The third-order valence-corrected chi connectivity index (χ3v) is 2.13. The molecular weight excluding hydrogens is 168 g/mol. The average molecular weight is 180 g/mol. The minimum Gasteiger partial charge on any atom is -0.275 e. The number of nitrogens with two attached hydrogens (primary N) is 1. The summed E-state index contributed by atoms with van der Waals surface area (Å²) in [5.74, 6) is 5.47. The second-order valence-electron chi connectivity index (χ2n) is 3.35. The van der Waals surface area contributed by atoms with Gasteiger partial charge in [-0.2, -0.15) is 5.10 Å². The van der Waals surface area contributed by atoms with Gasteiger partial charge in [0.1, 0.15) is 0 Å². The number of hydrazine groups is 1. The highest BCUT2D eigenvalue weighted by Crippen LogP contribution is 2.25. The maximum Gasteiger partial charge on any atom is 0.271 e. The van der Waals surface area contributed by atoms with Gasteiger partial charge in [0.2, 0.25) is 0 Å². The molecule has 70 valence electrons. The van der Waals surface area contributed by atoms with Crippen LogP contribution in [0.3, 0.4) is 0 Å². The molecule has 1 heterocycles. The minimum absolute atomic E-state index is 0.143. The summed E-state index contributed by atoms with van der Waals surface area (Å²) < 4.78 is 1.59. The number of hydrogen-bond acceptors (Lipinski definition) is 3. The normalized spacial score (nSPS) is 15.8. The third kappa shape index (κ3) is 1.55. The third-order valence-electron chi connectivity index (χ3n) is 2.13. The van der Waals surface area contributed by atoms with Crippen LogP contribution >= 0.6 is 0 Å². The van der Waals surface area contributed by atoms with Gasteiger partial charge in [0.05, 0.1) is 11.8 Å². The molecule has 1 aromatic heterocycles.